The van der Waals surface area contributed by atoms with Gasteiger partial charge in [0, 0.05) is 14.2 Å². The van der Waals surface area contributed by atoms with E-state index in [2.05, 4.69) is 0 Å². The Balaban J connectivity index is 1.17. The summed E-state index contributed by atoms with van der Waals surface area (Å²) in [6, 6.07) is 59.9. The van der Waals surface area contributed by atoms with Crippen LogP contribution in [0.5, 0.6) is 0 Å². The first-order valence-corrected chi connectivity index (χ1v) is 28.4. The standard InChI is InChI=1S/C61H64O15S2/c1-42-30-34-49(35-31-42)77(63,64)75-57-55(67-3)53(51(71-59(57)62)40-69-38-44-20-10-5-11-21-44)73-60-58(76-78(65,66)50-36-32-43(2)33-37-50)56(68-4)54(52(72-60)41-70-39-45-22-12-6-13-23-45)74-61(46-24-14-7-15-25-46,47-26-16-8-17-27-47)48-28-18-9-19-29-48/h5-37,51-60,62H,38-41H2,1-4H3/t51-,52-,53-,54-,55+,56+,57+,58+,59+,60-/m1/s1. The third-order valence-electron chi connectivity index (χ3n) is 13.8. The van der Waals surface area contributed by atoms with Crippen LogP contribution in [0.1, 0.15) is 38.9 Å². The SMILES string of the molecule is CO[C@@H]1[C@H](OS(=O)(=O)c2ccc(C)cc2)[C@@H](O[C@H]2[C@H](OC)[C@H](OS(=O)(=O)c3ccc(C)cc3)[C@@H](O)O[C@@H]2COCc2ccccc2)O[C@H](COCc2ccccc2)[C@H]1OC(c1ccccc1)(c1ccccc1)c1ccccc1. The zero-order valence-electron chi connectivity index (χ0n) is 43.6. The number of hydrogen-bond acceptors (Lipinski definition) is 15. The number of ether oxygens (including phenoxy) is 8. The van der Waals surface area contributed by atoms with Crippen molar-refractivity contribution in [2.75, 3.05) is 27.4 Å². The first-order valence-electron chi connectivity index (χ1n) is 25.6. The summed E-state index contributed by atoms with van der Waals surface area (Å²) in [4.78, 5) is -0.350. The highest BCUT2D eigenvalue weighted by atomic mass is 32.2. The van der Waals surface area contributed by atoms with Crippen LogP contribution in [0.25, 0.3) is 0 Å². The van der Waals surface area contributed by atoms with Crippen molar-refractivity contribution in [3.8, 4) is 0 Å². The van der Waals surface area contributed by atoms with Crippen molar-refractivity contribution in [2.24, 2.45) is 0 Å². The molecule has 2 fully saturated rings. The van der Waals surface area contributed by atoms with Gasteiger partial charge in [-0.1, -0.05) is 187 Å². The van der Waals surface area contributed by atoms with E-state index < -0.39 is 87.2 Å². The molecule has 2 saturated heterocycles. The van der Waals surface area contributed by atoms with Crippen LogP contribution in [0.3, 0.4) is 0 Å². The van der Waals surface area contributed by atoms with Gasteiger partial charge < -0.3 is 43.0 Å². The van der Waals surface area contributed by atoms with Crippen LogP contribution < -0.4 is 0 Å². The lowest BCUT2D eigenvalue weighted by atomic mass is 9.79. The average Bonchev–Trinajstić information content (AvgIpc) is 3.64. The maximum Gasteiger partial charge on any atom is 0.297 e. The summed E-state index contributed by atoms with van der Waals surface area (Å²) in [5.74, 6) is 0. The fraction of sp³-hybridized carbons (Fsp3) is 0.311. The second kappa shape index (κ2) is 25.9. The number of aryl methyl sites for hydroxylation is 2. The van der Waals surface area contributed by atoms with Crippen LogP contribution >= 0.6 is 0 Å². The summed E-state index contributed by atoms with van der Waals surface area (Å²) in [7, 11) is -6.58. The van der Waals surface area contributed by atoms with E-state index >= 15 is 0 Å². The van der Waals surface area contributed by atoms with Gasteiger partial charge in [-0.25, -0.2) is 0 Å². The smallest absolute Gasteiger partial charge is 0.297 e. The second-order valence-electron chi connectivity index (χ2n) is 19.1. The molecule has 410 valence electrons. The van der Waals surface area contributed by atoms with E-state index in [-0.39, 0.29) is 36.2 Å². The Hall–Kier alpha value is -6.00. The van der Waals surface area contributed by atoms with E-state index in [0.29, 0.717) is 0 Å². The molecule has 0 radical (unpaired) electrons. The minimum Gasteiger partial charge on any atom is -0.376 e. The highest BCUT2D eigenvalue weighted by Gasteiger charge is 2.57. The van der Waals surface area contributed by atoms with E-state index in [1.54, 1.807) is 24.3 Å². The van der Waals surface area contributed by atoms with Crippen molar-refractivity contribution in [2.45, 2.75) is 104 Å². The van der Waals surface area contributed by atoms with Gasteiger partial charge in [0.05, 0.1) is 36.2 Å². The molecule has 10 atom stereocenters. The Bertz CT molecular complexity index is 3080. The van der Waals surface area contributed by atoms with Gasteiger partial charge in [0.25, 0.3) is 20.2 Å². The molecule has 17 heteroatoms. The van der Waals surface area contributed by atoms with Gasteiger partial charge in [0.15, 0.2) is 24.8 Å². The summed E-state index contributed by atoms with van der Waals surface area (Å²) in [6.07, 6.45) is -15.0. The summed E-state index contributed by atoms with van der Waals surface area (Å²) in [5, 5.41) is 11.7. The quantitative estimate of drug-likeness (QED) is 0.0474. The normalized spacial score (nSPS) is 23.9. The molecule has 2 heterocycles. The molecule has 9 rings (SSSR count). The van der Waals surface area contributed by atoms with Gasteiger partial charge in [0.1, 0.15) is 42.2 Å². The molecule has 0 aliphatic carbocycles. The fourth-order valence-electron chi connectivity index (χ4n) is 9.83. The monoisotopic (exact) mass is 1100 g/mol. The van der Waals surface area contributed by atoms with Crippen molar-refractivity contribution < 1.29 is 68.2 Å². The number of aliphatic hydroxyl groups is 1. The molecule has 7 aromatic carbocycles. The zero-order chi connectivity index (χ0) is 54.7. The van der Waals surface area contributed by atoms with Crippen LogP contribution in [0.15, 0.2) is 210 Å². The number of aliphatic hydroxyl groups excluding tert-OH is 1. The zero-order valence-corrected chi connectivity index (χ0v) is 45.3. The Morgan fingerprint density at radius 2 is 0.821 bits per heavy atom. The lowest BCUT2D eigenvalue weighted by molar-refractivity contribution is -0.360. The lowest BCUT2D eigenvalue weighted by Gasteiger charge is -2.50. The van der Waals surface area contributed by atoms with E-state index in [9.17, 15) is 21.9 Å². The third kappa shape index (κ3) is 13.2. The molecule has 0 saturated carbocycles. The first kappa shape index (κ1) is 56.7. The largest absolute Gasteiger partial charge is 0.376 e. The highest BCUT2D eigenvalue weighted by molar-refractivity contribution is 7.87. The molecule has 0 unspecified atom stereocenters. The molecule has 78 heavy (non-hydrogen) atoms. The molecule has 2 aliphatic rings. The van der Waals surface area contributed by atoms with E-state index in [1.807, 2.05) is 166 Å². The van der Waals surface area contributed by atoms with Gasteiger partial charge in [-0.2, -0.15) is 16.8 Å². The Labute approximate surface area is 456 Å². The number of hydrogen-bond donors (Lipinski definition) is 1. The van der Waals surface area contributed by atoms with Crippen molar-refractivity contribution in [3.05, 3.63) is 239 Å². The number of benzene rings is 7. The Kier molecular flexibility index (Phi) is 18.8. The van der Waals surface area contributed by atoms with E-state index in [4.69, 9.17) is 46.3 Å². The van der Waals surface area contributed by atoms with Crippen molar-refractivity contribution >= 4 is 20.2 Å². The molecule has 7 aromatic rings. The van der Waals surface area contributed by atoms with Crippen LogP contribution in [0.2, 0.25) is 0 Å². The summed E-state index contributed by atoms with van der Waals surface area (Å²) in [5.41, 5.74) is 4.09. The minimum atomic E-state index is -4.70. The van der Waals surface area contributed by atoms with Crippen LogP contribution in [0.4, 0.5) is 0 Å². The molecule has 1 N–H and O–H groups in total. The Morgan fingerprint density at radius 3 is 1.23 bits per heavy atom. The summed E-state index contributed by atoms with van der Waals surface area (Å²) < 4.78 is 123. The molecule has 0 amide bonds. The maximum absolute atomic E-state index is 14.8. The fourth-order valence-corrected chi connectivity index (χ4v) is 12.0. The van der Waals surface area contributed by atoms with Gasteiger partial charge in [-0.3, -0.25) is 8.37 Å². The topological polar surface area (TPSA) is 181 Å². The van der Waals surface area contributed by atoms with Gasteiger partial charge >= 0.3 is 0 Å². The summed E-state index contributed by atoms with van der Waals surface area (Å²) in [6.45, 7) is 3.49. The number of rotatable bonds is 23. The van der Waals surface area contributed by atoms with E-state index in [1.165, 1.54) is 38.5 Å². The van der Waals surface area contributed by atoms with Gasteiger partial charge in [-0.05, 0) is 65.9 Å². The highest BCUT2D eigenvalue weighted by Crippen LogP contribution is 2.45. The van der Waals surface area contributed by atoms with Crippen LogP contribution in [-0.4, -0.2) is 111 Å². The molecule has 0 aromatic heterocycles. The molecular weight excluding hydrogens is 1040 g/mol. The van der Waals surface area contributed by atoms with Crippen molar-refractivity contribution in [1.82, 2.24) is 0 Å². The van der Waals surface area contributed by atoms with Crippen molar-refractivity contribution in [1.29, 1.82) is 0 Å². The minimum absolute atomic E-state index is 0.112. The molecule has 0 spiro atoms. The molecule has 0 bridgehead atoms. The molecule has 15 nitrogen and oxygen atoms in total. The van der Waals surface area contributed by atoms with Crippen LogP contribution in [0, 0.1) is 13.8 Å². The summed E-state index contributed by atoms with van der Waals surface area (Å²) >= 11 is 0. The van der Waals surface area contributed by atoms with Crippen molar-refractivity contribution in [3.63, 3.8) is 0 Å². The predicted octanol–water partition coefficient (Wildman–Crippen LogP) is 8.82. The predicted molar refractivity (Wildman–Crippen MR) is 289 cm³/mol. The van der Waals surface area contributed by atoms with E-state index in [0.717, 1.165) is 38.9 Å². The van der Waals surface area contributed by atoms with Gasteiger partial charge in [0.2, 0.25) is 0 Å². The third-order valence-corrected chi connectivity index (χ3v) is 16.4. The molecular formula is C61H64O15S2. The average molecular weight is 1100 g/mol. The number of methoxy groups -OCH3 is 2. The first-order chi connectivity index (χ1) is 37.8. The Morgan fingerprint density at radius 1 is 0.449 bits per heavy atom. The molecule has 2 aliphatic heterocycles. The van der Waals surface area contributed by atoms with Gasteiger partial charge in [-0.15, -0.1) is 0 Å². The van der Waals surface area contributed by atoms with Crippen LogP contribution in [-0.2, 0) is 85.3 Å². The maximum atomic E-state index is 14.8. The second-order valence-corrected chi connectivity index (χ2v) is 22.3. The lowest BCUT2D eigenvalue weighted by Crippen LogP contribution is -2.67.